The van der Waals surface area contributed by atoms with Gasteiger partial charge in [0, 0.05) is 19.2 Å². The van der Waals surface area contributed by atoms with Crippen LogP contribution in [0.5, 0.6) is 5.88 Å². The molecule has 0 spiro atoms. The van der Waals surface area contributed by atoms with Crippen LogP contribution in [0.1, 0.15) is 18.5 Å². The fourth-order valence-electron chi connectivity index (χ4n) is 2.51. The van der Waals surface area contributed by atoms with Gasteiger partial charge in [0.25, 0.3) is 0 Å². The van der Waals surface area contributed by atoms with Gasteiger partial charge in [-0.3, -0.25) is 0 Å². The van der Waals surface area contributed by atoms with E-state index < -0.39 is 0 Å². The van der Waals surface area contributed by atoms with Gasteiger partial charge in [0.05, 0.1) is 12.8 Å². The first-order chi connectivity index (χ1) is 8.78. The van der Waals surface area contributed by atoms with Gasteiger partial charge in [-0.15, -0.1) is 0 Å². The summed E-state index contributed by atoms with van der Waals surface area (Å²) in [6.45, 7) is 4.34. The Labute approximate surface area is 109 Å². The van der Waals surface area contributed by atoms with Gasteiger partial charge >= 0.3 is 0 Å². The van der Waals surface area contributed by atoms with Crippen LogP contribution in [0.15, 0.2) is 18.2 Å². The molecule has 1 aromatic heterocycles. The molecule has 1 fully saturated rings. The average Bonchev–Trinajstić information content (AvgIpc) is 2.39. The van der Waals surface area contributed by atoms with E-state index in [4.69, 9.17) is 4.74 Å². The van der Waals surface area contributed by atoms with Gasteiger partial charge in [-0.1, -0.05) is 6.07 Å². The maximum absolute atomic E-state index is 5.12. The summed E-state index contributed by atoms with van der Waals surface area (Å²) in [7, 11) is 3.85. The lowest BCUT2D eigenvalue weighted by Crippen LogP contribution is -2.37. The van der Waals surface area contributed by atoms with Crippen molar-refractivity contribution in [2.75, 3.05) is 33.8 Å². The fourth-order valence-corrected chi connectivity index (χ4v) is 2.51. The Kier molecular flexibility index (Phi) is 4.96. The van der Waals surface area contributed by atoms with Crippen LogP contribution in [-0.2, 0) is 6.54 Å². The molecule has 0 radical (unpaired) electrons. The molecule has 0 aromatic carbocycles. The van der Waals surface area contributed by atoms with Crippen LogP contribution in [0.4, 0.5) is 0 Å². The zero-order chi connectivity index (χ0) is 12.8. The number of nitrogens with one attached hydrogen (secondary N) is 1. The van der Waals surface area contributed by atoms with Crippen LogP contribution >= 0.6 is 0 Å². The molecular weight excluding hydrogens is 226 g/mol. The SMILES string of the molecule is COc1cccc(CNC[C@H]2CCCN(C)C2)n1. The molecule has 0 aliphatic carbocycles. The molecule has 1 N–H and O–H groups in total. The lowest BCUT2D eigenvalue weighted by molar-refractivity contribution is 0.206. The molecule has 0 saturated carbocycles. The first-order valence-corrected chi connectivity index (χ1v) is 6.67. The second-order valence-electron chi connectivity index (χ2n) is 5.07. The minimum absolute atomic E-state index is 0.687. The van der Waals surface area contributed by atoms with E-state index in [1.54, 1.807) is 7.11 Å². The number of rotatable bonds is 5. The number of aromatic nitrogens is 1. The predicted octanol–water partition coefficient (Wildman–Crippen LogP) is 1.52. The summed E-state index contributed by atoms with van der Waals surface area (Å²) >= 11 is 0. The molecule has 1 aromatic rings. The third-order valence-corrected chi connectivity index (χ3v) is 3.45. The standard InChI is InChI=1S/C14H23N3O/c1-17-8-4-5-12(11-17)9-15-10-13-6-3-7-14(16-13)18-2/h3,6-7,12,15H,4-5,8-11H2,1-2H3/t12-/m1/s1. The number of pyridine rings is 1. The molecule has 0 amide bonds. The van der Waals surface area contributed by atoms with Crippen LogP contribution in [0.2, 0.25) is 0 Å². The number of nitrogens with zero attached hydrogens (tertiary/aromatic N) is 2. The molecule has 2 rings (SSSR count). The molecule has 0 unspecified atom stereocenters. The van der Waals surface area contributed by atoms with Crippen LogP contribution < -0.4 is 10.1 Å². The van der Waals surface area contributed by atoms with E-state index in [0.717, 1.165) is 24.7 Å². The highest BCUT2D eigenvalue weighted by atomic mass is 16.5. The van der Waals surface area contributed by atoms with Crippen LogP contribution in [0.25, 0.3) is 0 Å². The molecule has 100 valence electrons. The lowest BCUT2D eigenvalue weighted by Gasteiger charge is -2.29. The molecule has 1 saturated heterocycles. The summed E-state index contributed by atoms with van der Waals surface area (Å²) < 4.78 is 5.12. The molecule has 0 bridgehead atoms. The summed E-state index contributed by atoms with van der Waals surface area (Å²) in [6, 6.07) is 5.89. The Balaban J connectivity index is 1.74. The highest BCUT2D eigenvalue weighted by Gasteiger charge is 2.16. The first-order valence-electron chi connectivity index (χ1n) is 6.67. The zero-order valence-corrected chi connectivity index (χ0v) is 11.4. The van der Waals surface area contributed by atoms with Crippen molar-refractivity contribution in [1.29, 1.82) is 0 Å². The zero-order valence-electron chi connectivity index (χ0n) is 11.4. The summed E-state index contributed by atoms with van der Waals surface area (Å²) in [5.74, 6) is 1.46. The number of piperidine rings is 1. The summed E-state index contributed by atoms with van der Waals surface area (Å²) in [6.07, 6.45) is 2.66. The maximum atomic E-state index is 5.12. The molecule has 1 aliphatic rings. The van der Waals surface area contributed by atoms with Gasteiger partial charge < -0.3 is 15.0 Å². The highest BCUT2D eigenvalue weighted by Crippen LogP contribution is 2.14. The van der Waals surface area contributed by atoms with E-state index in [0.29, 0.717) is 5.88 Å². The van der Waals surface area contributed by atoms with Gasteiger partial charge in [-0.25, -0.2) is 4.98 Å². The average molecular weight is 249 g/mol. The van der Waals surface area contributed by atoms with E-state index in [1.807, 2.05) is 18.2 Å². The van der Waals surface area contributed by atoms with Gasteiger partial charge in [0.2, 0.25) is 5.88 Å². The Morgan fingerprint density at radius 3 is 3.17 bits per heavy atom. The molecular formula is C14H23N3O. The summed E-state index contributed by atoms with van der Waals surface area (Å²) in [4.78, 5) is 6.81. The van der Waals surface area contributed by atoms with Crippen molar-refractivity contribution in [3.63, 3.8) is 0 Å². The Morgan fingerprint density at radius 1 is 1.50 bits per heavy atom. The van der Waals surface area contributed by atoms with Gasteiger partial charge in [0.15, 0.2) is 0 Å². The Morgan fingerprint density at radius 2 is 2.39 bits per heavy atom. The van der Waals surface area contributed by atoms with Gasteiger partial charge in [0.1, 0.15) is 0 Å². The van der Waals surface area contributed by atoms with E-state index >= 15 is 0 Å². The minimum Gasteiger partial charge on any atom is -0.481 e. The van der Waals surface area contributed by atoms with Crippen LogP contribution in [-0.4, -0.2) is 43.7 Å². The number of methoxy groups -OCH3 is 1. The van der Waals surface area contributed by atoms with Crippen molar-refractivity contribution >= 4 is 0 Å². The number of ether oxygens (including phenoxy) is 1. The van der Waals surface area contributed by atoms with Crippen molar-refractivity contribution in [3.8, 4) is 5.88 Å². The normalized spacial score (nSPS) is 20.9. The van der Waals surface area contributed by atoms with E-state index in [1.165, 1.54) is 25.9 Å². The second kappa shape index (κ2) is 6.71. The van der Waals surface area contributed by atoms with Crippen molar-refractivity contribution in [2.45, 2.75) is 19.4 Å². The van der Waals surface area contributed by atoms with Crippen LogP contribution in [0, 0.1) is 5.92 Å². The molecule has 1 aliphatic heterocycles. The third kappa shape index (κ3) is 3.96. The Hall–Kier alpha value is -1.13. The first kappa shape index (κ1) is 13.3. The lowest BCUT2D eigenvalue weighted by atomic mass is 9.98. The quantitative estimate of drug-likeness (QED) is 0.858. The summed E-state index contributed by atoms with van der Waals surface area (Å²) in [5, 5.41) is 3.50. The van der Waals surface area contributed by atoms with Crippen molar-refractivity contribution in [3.05, 3.63) is 23.9 Å². The van der Waals surface area contributed by atoms with Crippen LogP contribution in [0.3, 0.4) is 0 Å². The molecule has 2 heterocycles. The second-order valence-corrected chi connectivity index (χ2v) is 5.07. The topological polar surface area (TPSA) is 37.4 Å². The monoisotopic (exact) mass is 249 g/mol. The van der Waals surface area contributed by atoms with Gasteiger partial charge in [-0.05, 0) is 45.0 Å². The Bertz CT molecular complexity index is 370. The smallest absolute Gasteiger partial charge is 0.213 e. The van der Waals surface area contributed by atoms with Crippen molar-refractivity contribution in [1.82, 2.24) is 15.2 Å². The van der Waals surface area contributed by atoms with E-state index in [2.05, 4.69) is 22.2 Å². The number of hydrogen-bond donors (Lipinski definition) is 1. The minimum atomic E-state index is 0.687. The molecule has 1 atom stereocenters. The molecule has 18 heavy (non-hydrogen) atoms. The summed E-state index contributed by atoms with van der Waals surface area (Å²) in [5.41, 5.74) is 1.04. The third-order valence-electron chi connectivity index (χ3n) is 3.45. The van der Waals surface area contributed by atoms with E-state index in [-0.39, 0.29) is 0 Å². The van der Waals surface area contributed by atoms with E-state index in [9.17, 15) is 0 Å². The van der Waals surface area contributed by atoms with Gasteiger partial charge in [-0.2, -0.15) is 0 Å². The highest BCUT2D eigenvalue weighted by molar-refractivity contribution is 5.15. The molecule has 4 heteroatoms. The molecule has 4 nitrogen and oxygen atoms in total. The van der Waals surface area contributed by atoms with Crippen molar-refractivity contribution in [2.24, 2.45) is 5.92 Å². The largest absolute Gasteiger partial charge is 0.481 e. The van der Waals surface area contributed by atoms with Crippen molar-refractivity contribution < 1.29 is 4.74 Å². The predicted molar refractivity (Wildman–Crippen MR) is 72.7 cm³/mol. The number of likely N-dealkylation sites (tertiary alicyclic amines) is 1. The number of hydrogen-bond acceptors (Lipinski definition) is 4. The fraction of sp³-hybridized carbons (Fsp3) is 0.643. The maximum Gasteiger partial charge on any atom is 0.213 e.